The summed E-state index contributed by atoms with van der Waals surface area (Å²) in [6.45, 7) is 0. The van der Waals surface area contributed by atoms with Gasteiger partial charge in [-0.1, -0.05) is 65.7 Å². The van der Waals surface area contributed by atoms with Gasteiger partial charge in [-0.3, -0.25) is 9.59 Å². The van der Waals surface area contributed by atoms with E-state index in [2.05, 4.69) is 15.8 Å². The Kier molecular flexibility index (Phi) is 7.11. The molecule has 0 saturated carbocycles. The third-order valence-corrected chi connectivity index (χ3v) is 5.64. The third kappa shape index (κ3) is 5.54. The second-order valence-corrected chi connectivity index (χ2v) is 8.31. The van der Waals surface area contributed by atoms with Gasteiger partial charge < -0.3 is 10.4 Å². The first kappa shape index (κ1) is 23.3. The SMILES string of the molecule is O=C(Cc1ccc(Cl)cc1)Nc1ccc(/C=N/NC(=O)c2ccc(O)c(Cl)c2)c2ccccc12. The van der Waals surface area contributed by atoms with E-state index in [0.717, 1.165) is 21.9 Å². The van der Waals surface area contributed by atoms with Crippen molar-refractivity contribution in [1.82, 2.24) is 5.43 Å². The molecule has 0 atom stereocenters. The maximum absolute atomic E-state index is 12.6. The number of carbonyl (C=O) groups excluding carboxylic acids is 2. The molecule has 8 heteroatoms. The van der Waals surface area contributed by atoms with E-state index in [1.54, 1.807) is 18.2 Å². The Balaban J connectivity index is 1.49. The van der Waals surface area contributed by atoms with Crippen molar-refractivity contribution in [2.45, 2.75) is 6.42 Å². The van der Waals surface area contributed by atoms with Crippen LogP contribution in [-0.4, -0.2) is 23.1 Å². The smallest absolute Gasteiger partial charge is 0.271 e. The summed E-state index contributed by atoms with van der Waals surface area (Å²) < 4.78 is 0. The van der Waals surface area contributed by atoms with Gasteiger partial charge in [-0.25, -0.2) is 5.43 Å². The minimum absolute atomic E-state index is 0.0799. The molecule has 0 aliphatic heterocycles. The third-order valence-electron chi connectivity index (χ3n) is 5.09. The lowest BCUT2D eigenvalue weighted by Crippen LogP contribution is -2.17. The largest absolute Gasteiger partial charge is 0.506 e. The van der Waals surface area contributed by atoms with Gasteiger partial charge in [0.05, 0.1) is 17.7 Å². The number of aromatic hydroxyl groups is 1. The molecule has 0 bridgehead atoms. The van der Waals surface area contributed by atoms with E-state index in [1.165, 1.54) is 24.4 Å². The molecule has 170 valence electrons. The number of halogens is 2. The van der Waals surface area contributed by atoms with E-state index in [1.807, 2.05) is 42.5 Å². The minimum atomic E-state index is -0.464. The molecule has 0 fully saturated rings. The van der Waals surface area contributed by atoms with Crippen LogP contribution in [0.3, 0.4) is 0 Å². The molecule has 6 nitrogen and oxygen atoms in total. The molecule has 4 rings (SSSR count). The summed E-state index contributed by atoms with van der Waals surface area (Å²) in [4.78, 5) is 24.9. The average Bonchev–Trinajstić information content (AvgIpc) is 2.83. The molecule has 34 heavy (non-hydrogen) atoms. The highest BCUT2D eigenvalue weighted by atomic mass is 35.5. The van der Waals surface area contributed by atoms with Gasteiger partial charge in [0.25, 0.3) is 5.91 Å². The predicted molar refractivity (Wildman–Crippen MR) is 136 cm³/mol. The summed E-state index contributed by atoms with van der Waals surface area (Å²) >= 11 is 11.8. The molecular weight excluding hydrogens is 473 g/mol. The van der Waals surface area contributed by atoms with Crippen LogP contribution in [0, 0.1) is 0 Å². The number of anilines is 1. The van der Waals surface area contributed by atoms with E-state index in [4.69, 9.17) is 23.2 Å². The van der Waals surface area contributed by atoms with Crippen LogP contribution in [0.15, 0.2) is 84.0 Å². The maximum atomic E-state index is 12.6. The standard InChI is InChI=1S/C26H19Cl2N3O3/c27-19-9-5-16(6-10-19)13-25(33)30-23-11-7-18(20-3-1-2-4-21(20)23)15-29-31-26(34)17-8-12-24(32)22(28)14-17/h1-12,14-15,32H,13H2,(H,30,33)(H,31,34)/b29-15+. The minimum Gasteiger partial charge on any atom is -0.506 e. The number of fused-ring (bicyclic) bond motifs is 1. The monoisotopic (exact) mass is 491 g/mol. The van der Waals surface area contributed by atoms with Gasteiger partial charge in [0, 0.05) is 27.2 Å². The number of nitrogens with one attached hydrogen (secondary N) is 2. The summed E-state index contributed by atoms with van der Waals surface area (Å²) in [7, 11) is 0. The van der Waals surface area contributed by atoms with Gasteiger partial charge in [-0.05, 0) is 47.3 Å². The van der Waals surface area contributed by atoms with E-state index in [9.17, 15) is 14.7 Å². The molecule has 4 aromatic rings. The van der Waals surface area contributed by atoms with Gasteiger partial charge in [0.1, 0.15) is 5.75 Å². The summed E-state index contributed by atoms with van der Waals surface area (Å²) in [5, 5.41) is 18.9. The molecule has 2 amide bonds. The molecule has 0 aromatic heterocycles. The highest BCUT2D eigenvalue weighted by Gasteiger charge is 2.10. The van der Waals surface area contributed by atoms with Crippen molar-refractivity contribution in [2.24, 2.45) is 5.10 Å². The number of phenolic OH excluding ortho intramolecular Hbond substituents is 1. The lowest BCUT2D eigenvalue weighted by atomic mass is 10.0. The summed E-state index contributed by atoms with van der Waals surface area (Å²) in [6, 6.07) is 22.5. The van der Waals surface area contributed by atoms with Gasteiger partial charge >= 0.3 is 0 Å². The van der Waals surface area contributed by atoms with E-state index < -0.39 is 5.91 Å². The molecule has 0 spiro atoms. The lowest BCUT2D eigenvalue weighted by molar-refractivity contribution is -0.115. The number of benzene rings is 4. The molecule has 0 heterocycles. The van der Waals surface area contributed by atoms with Crippen molar-refractivity contribution in [2.75, 3.05) is 5.32 Å². The predicted octanol–water partition coefficient (Wildman–Crippen LogP) is 5.80. The zero-order chi connectivity index (χ0) is 24.1. The van der Waals surface area contributed by atoms with Gasteiger partial charge in [-0.2, -0.15) is 5.10 Å². The van der Waals surface area contributed by atoms with Crippen LogP contribution in [0.5, 0.6) is 5.75 Å². The molecule has 3 N–H and O–H groups in total. The van der Waals surface area contributed by atoms with Crippen LogP contribution in [0.25, 0.3) is 10.8 Å². The highest BCUT2D eigenvalue weighted by Crippen LogP contribution is 2.26. The number of nitrogens with zero attached hydrogens (tertiary/aromatic N) is 1. The first-order chi connectivity index (χ1) is 16.4. The molecule has 4 aromatic carbocycles. The second-order valence-electron chi connectivity index (χ2n) is 7.46. The fraction of sp³-hybridized carbons (Fsp3) is 0.0385. The Morgan fingerprint density at radius 2 is 1.65 bits per heavy atom. The van der Waals surface area contributed by atoms with Crippen molar-refractivity contribution in [1.29, 1.82) is 0 Å². The van der Waals surface area contributed by atoms with Crippen LogP contribution in [0.4, 0.5) is 5.69 Å². The van der Waals surface area contributed by atoms with Crippen molar-refractivity contribution in [3.8, 4) is 5.75 Å². The Morgan fingerprint density at radius 3 is 2.38 bits per heavy atom. The van der Waals surface area contributed by atoms with Crippen LogP contribution < -0.4 is 10.7 Å². The fourth-order valence-electron chi connectivity index (χ4n) is 3.40. The van der Waals surface area contributed by atoms with E-state index in [-0.39, 0.29) is 28.7 Å². The van der Waals surface area contributed by atoms with Crippen LogP contribution in [0.2, 0.25) is 10.0 Å². The second kappa shape index (κ2) is 10.4. The Bertz CT molecular complexity index is 1400. The first-order valence-electron chi connectivity index (χ1n) is 10.3. The topological polar surface area (TPSA) is 90.8 Å². The van der Waals surface area contributed by atoms with Gasteiger partial charge in [0.2, 0.25) is 5.91 Å². The highest BCUT2D eigenvalue weighted by molar-refractivity contribution is 6.32. The number of amides is 2. The lowest BCUT2D eigenvalue weighted by Gasteiger charge is -2.11. The Labute approximate surface area is 205 Å². The Morgan fingerprint density at radius 1 is 0.912 bits per heavy atom. The van der Waals surface area contributed by atoms with Gasteiger partial charge in [0.15, 0.2) is 0 Å². The van der Waals surface area contributed by atoms with Crippen LogP contribution in [-0.2, 0) is 11.2 Å². The van der Waals surface area contributed by atoms with E-state index >= 15 is 0 Å². The van der Waals surface area contributed by atoms with Crippen molar-refractivity contribution >= 4 is 57.7 Å². The maximum Gasteiger partial charge on any atom is 0.271 e. The van der Waals surface area contributed by atoms with Crippen LogP contribution in [0.1, 0.15) is 21.5 Å². The number of hydrogen-bond donors (Lipinski definition) is 3. The quantitative estimate of drug-likeness (QED) is 0.235. The molecule has 0 unspecified atom stereocenters. The van der Waals surface area contributed by atoms with E-state index in [0.29, 0.717) is 10.7 Å². The van der Waals surface area contributed by atoms with Crippen molar-refractivity contribution in [3.05, 3.63) is 106 Å². The zero-order valence-corrected chi connectivity index (χ0v) is 19.3. The molecular formula is C26H19Cl2N3O3. The normalized spacial score (nSPS) is 11.0. The molecule has 0 aliphatic rings. The molecule has 0 radical (unpaired) electrons. The molecule has 0 aliphatic carbocycles. The fourth-order valence-corrected chi connectivity index (χ4v) is 3.71. The number of hydrazone groups is 1. The molecule has 0 saturated heterocycles. The summed E-state index contributed by atoms with van der Waals surface area (Å²) in [6.07, 6.45) is 1.75. The zero-order valence-electron chi connectivity index (χ0n) is 17.8. The van der Waals surface area contributed by atoms with Gasteiger partial charge in [-0.15, -0.1) is 0 Å². The number of phenols is 1. The number of hydrogen-bond acceptors (Lipinski definition) is 4. The Hall–Kier alpha value is -3.87. The number of rotatable bonds is 6. The van der Waals surface area contributed by atoms with Crippen molar-refractivity contribution < 1.29 is 14.7 Å². The van der Waals surface area contributed by atoms with Crippen LogP contribution >= 0.6 is 23.2 Å². The van der Waals surface area contributed by atoms with Crippen molar-refractivity contribution in [3.63, 3.8) is 0 Å². The number of carbonyl (C=O) groups is 2. The summed E-state index contributed by atoms with van der Waals surface area (Å²) in [5.74, 6) is -0.712. The average molecular weight is 492 g/mol. The summed E-state index contributed by atoms with van der Waals surface area (Å²) in [5.41, 5.74) is 5.01. The first-order valence-corrected chi connectivity index (χ1v) is 11.0.